The van der Waals surface area contributed by atoms with Crippen LogP contribution in [-0.2, 0) is 13.1 Å². The van der Waals surface area contributed by atoms with Crippen molar-refractivity contribution in [1.29, 1.82) is 0 Å². The van der Waals surface area contributed by atoms with Crippen molar-refractivity contribution in [2.24, 2.45) is 0 Å². The normalized spacial score (nSPS) is 10.8. The summed E-state index contributed by atoms with van der Waals surface area (Å²) in [5.41, 5.74) is 7.80. The first-order valence-electron chi connectivity index (χ1n) is 5.79. The summed E-state index contributed by atoms with van der Waals surface area (Å²) < 4.78 is 5.00. The van der Waals surface area contributed by atoms with Crippen molar-refractivity contribution < 1.29 is 9.34 Å². The van der Waals surface area contributed by atoms with E-state index in [0.29, 0.717) is 13.1 Å². The lowest BCUT2D eigenvalue weighted by molar-refractivity contribution is -0.384. The number of nitrogens with zero attached hydrogens (tertiary/aromatic N) is 2. The predicted molar refractivity (Wildman–Crippen MR) is 71.4 cm³/mol. The Hall–Kier alpha value is -2.34. The fourth-order valence-electron chi connectivity index (χ4n) is 1.94. The summed E-state index contributed by atoms with van der Waals surface area (Å²) in [6.45, 7) is 1.23. The molecule has 0 bridgehead atoms. The molecular weight excluding hydrogens is 246 g/mol. The highest BCUT2D eigenvalue weighted by Gasteiger charge is 2.15. The van der Waals surface area contributed by atoms with Gasteiger partial charge < -0.3 is 10.2 Å². The van der Waals surface area contributed by atoms with Crippen molar-refractivity contribution in [2.45, 2.75) is 13.1 Å². The van der Waals surface area contributed by atoms with Gasteiger partial charge in [0.2, 0.25) is 0 Å². The van der Waals surface area contributed by atoms with E-state index >= 15 is 0 Å². The minimum absolute atomic E-state index is 0.0470. The van der Waals surface area contributed by atoms with E-state index < -0.39 is 4.92 Å². The van der Waals surface area contributed by atoms with Crippen molar-refractivity contribution in [3.8, 4) is 0 Å². The third kappa shape index (κ3) is 3.11. The molecule has 0 saturated heterocycles. The molecule has 2 aromatic rings. The lowest BCUT2D eigenvalue weighted by atomic mass is 10.1. The Morgan fingerprint density at radius 1 is 1.37 bits per heavy atom. The molecule has 0 saturated carbocycles. The van der Waals surface area contributed by atoms with Crippen molar-refractivity contribution in [3.63, 3.8) is 0 Å². The summed E-state index contributed by atoms with van der Waals surface area (Å²) in [6, 6.07) is 6.74. The number of anilines is 1. The van der Waals surface area contributed by atoms with Gasteiger partial charge >= 0.3 is 0 Å². The molecule has 0 radical (unpaired) electrons. The van der Waals surface area contributed by atoms with Crippen LogP contribution in [0.25, 0.3) is 0 Å². The highest BCUT2D eigenvalue weighted by molar-refractivity contribution is 5.62. The van der Waals surface area contributed by atoms with Gasteiger partial charge in [-0.15, -0.1) is 0 Å². The van der Waals surface area contributed by atoms with E-state index in [2.05, 4.69) is 0 Å². The van der Waals surface area contributed by atoms with Crippen LogP contribution in [-0.4, -0.2) is 16.9 Å². The molecule has 0 aliphatic heterocycles. The molecule has 0 unspecified atom stereocenters. The maximum absolute atomic E-state index is 10.8. The molecule has 6 nitrogen and oxygen atoms in total. The molecular formula is C13H15N3O3. The molecule has 2 N–H and O–H groups in total. The number of hydrogen-bond donors (Lipinski definition) is 1. The van der Waals surface area contributed by atoms with E-state index in [4.69, 9.17) is 10.2 Å². The number of nitrogens with two attached hydrogens (primary N) is 1. The van der Waals surface area contributed by atoms with Crippen molar-refractivity contribution >= 4 is 11.4 Å². The van der Waals surface area contributed by atoms with Gasteiger partial charge in [0.1, 0.15) is 5.69 Å². The third-order valence-corrected chi connectivity index (χ3v) is 2.84. The Balaban J connectivity index is 2.10. The second-order valence-corrected chi connectivity index (χ2v) is 4.41. The molecule has 1 aromatic carbocycles. The highest BCUT2D eigenvalue weighted by Crippen LogP contribution is 2.25. The first kappa shape index (κ1) is 13.1. The number of nitro groups is 1. The average Bonchev–Trinajstić information content (AvgIpc) is 2.84. The third-order valence-electron chi connectivity index (χ3n) is 2.84. The van der Waals surface area contributed by atoms with E-state index in [9.17, 15) is 10.1 Å². The van der Waals surface area contributed by atoms with Gasteiger partial charge in [-0.2, -0.15) is 0 Å². The van der Waals surface area contributed by atoms with Gasteiger partial charge in [-0.3, -0.25) is 15.0 Å². The Morgan fingerprint density at radius 2 is 2.16 bits per heavy atom. The van der Waals surface area contributed by atoms with E-state index in [-0.39, 0.29) is 11.4 Å². The summed E-state index contributed by atoms with van der Waals surface area (Å²) in [6.07, 6.45) is 3.29. The van der Waals surface area contributed by atoms with Crippen molar-refractivity contribution in [1.82, 2.24) is 4.90 Å². The zero-order chi connectivity index (χ0) is 13.8. The minimum Gasteiger partial charge on any atom is -0.472 e. The van der Waals surface area contributed by atoms with Crippen LogP contribution in [0.3, 0.4) is 0 Å². The number of hydrogen-bond acceptors (Lipinski definition) is 5. The molecule has 6 heteroatoms. The summed E-state index contributed by atoms with van der Waals surface area (Å²) in [7, 11) is 1.92. The molecule has 0 spiro atoms. The van der Waals surface area contributed by atoms with Gasteiger partial charge in [0.05, 0.1) is 17.4 Å². The first-order valence-corrected chi connectivity index (χ1v) is 5.79. The van der Waals surface area contributed by atoms with Gasteiger partial charge in [0.25, 0.3) is 5.69 Å². The Bertz CT molecular complexity index is 567. The molecule has 2 rings (SSSR count). The van der Waals surface area contributed by atoms with E-state index in [1.54, 1.807) is 24.7 Å². The van der Waals surface area contributed by atoms with Gasteiger partial charge in [-0.1, -0.05) is 12.1 Å². The van der Waals surface area contributed by atoms with Crippen LogP contribution in [0.1, 0.15) is 11.1 Å². The fourth-order valence-corrected chi connectivity index (χ4v) is 1.94. The maximum atomic E-state index is 10.8. The molecule has 0 fully saturated rings. The zero-order valence-electron chi connectivity index (χ0n) is 10.6. The molecule has 0 aliphatic rings. The van der Waals surface area contributed by atoms with Crippen LogP contribution >= 0.6 is 0 Å². The van der Waals surface area contributed by atoms with Crippen LogP contribution in [0.4, 0.5) is 11.4 Å². The SMILES string of the molecule is CN(Cc1ccoc1)Cc1cccc([N+](=O)[O-])c1N. The van der Waals surface area contributed by atoms with Crippen LogP contribution in [0.5, 0.6) is 0 Å². The van der Waals surface area contributed by atoms with Crippen LogP contribution in [0.2, 0.25) is 0 Å². The van der Waals surface area contributed by atoms with Crippen molar-refractivity contribution in [3.05, 3.63) is 58.0 Å². The quantitative estimate of drug-likeness (QED) is 0.507. The predicted octanol–water partition coefficient (Wildman–Crippen LogP) is 2.40. The Kier molecular flexibility index (Phi) is 3.82. The molecule has 100 valence electrons. The van der Waals surface area contributed by atoms with Gasteiger partial charge in [0.15, 0.2) is 0 Å². The summed E-state index contributed by atoms with van der Waals surface area (Å²) >= 11 is 0. The minimum atomic E-state index is -0.463. The fraction of sp³-hybridized carbons (Fsp3) is 0.231. The molecule has 0 aliphatic carbocycles. The van der Waals surface area contributed by atoms with Crippen LogP contribution in [0, 0.1) is 10.1 Å². The van der Waals surface area contributed by atoms with Gasteiger partial charge in [0, 0.05) is 24.7 Å². The molecule has 0 amide bonds. The Morgan fingerprint density at radius 3 is 2.79 bits per heavy atom. The largest absolute Gasteiger partial charge is 0.472 e. The first-order chi connectivity index (χ1) is 9.08. The van der Waals surface area contributed by atoms with E-state index in [0.717, 1.165) is 11.1 Å². The maximum Gasteiger partial charge on any atom is 0.292 e. The van der Waals surface area contributed by atoms with E-state index in [1.165, 1.54) is 6.07 Å². The van der Waals surface area contributed by atoms with Crippen LogP contribution in [0.15, 0.2) is 41.2 Å². The average molecular weight is 261 g/mol. The number of furan rings is 1. The molecule has 1 heterocycles. The zero-order valence-corrected chi connectivity index (χ0v) is 10.6. The topological polar surface area (TPSA) is 85.5 Å². The second-order valence-electron chi connectivity index (χ2n) is 4.41. The van der Waals surface area contributed by atoms with Crippen LogP contribution < -0.4 is 5.73 Å². The second kappa shape index (κ2) is 5.53. The number of benzene rings is 1. The lowest BCUT2D eigenvalue weighted by Crippen LogP contribution is -2.18. The number of rotatable bonds is 5. The number of nitrogen functional groups attached to an aromatic ring is 1. The van der Waals surface area contributed by atoms with Gasteiger partial charge in [-0.25, -0.2) is 0 Å². The standard InChI is InChI=1S/C13H15N3O3/c1-15(7-10-5-6-19-9-10)8-11-3-2-4-12(13(11)14)16(17)18/h2-6,9H,7-8,14H2,1H3. The Labute approximate surface area is 110 Å². The highest BCUT2D eigenvalue weighted by atomic mass is 16.6. The number of para-hydroxylation sites is 1. The molecule has 19 heavy (non-hydrogen) atoms. The monoisotopic (exact) mass is 261 g/mol. The summed E-state index contributed by atoms with van der Waals surface area (Å²) in [5.74, 6) is 0. The van der Waals surface area contributed by atoms with E-state index in [1.807, 2.05) is 18.0 Å². The van der Waals surface area contributed by atoms with Gasteiger partial charge in [-0.05, 0) is 18.7 Å². The lowest BCUT2D eigenvalue weighted by Gasteiger charge is -2.16. The number of nitro benzene ring substituents is 1. The molecule has 0 atom stereocenters. The molecule has 1 aromatic heterocycles. The summed E-state index contributed by atoms with van der Waals surface area (Å²) in [4.78, 5) is 12.4. The summed E-state index contributed by atoms with van der Waals surface area (Å²) in [5, 5.41) is 10.8. The van der Waals surface area contributed by atoms with Crippen molar-refractivity contribution in [2.75, 3.05) is 12.8 Å². The smallest absolute Gasteiger partial charge is 0.292 e.